The van der Waals surface area contributed by atoms with Crippen LogP contribution in [0.5, 0.6) is 0 Å². The molecule has 0 bridgehead atoms. The van der Waals surface area contributed by atoms with E-state index in [0.717, 1.165) is 11.9 Å². The van der Waals surface area contributed by atoms with E-state index in [-0.39, 0.29) is 25.4 Å². The molecule has 31 atom stereocenters. The Morgan fingerprint density at radius 2 is 1.26 bits per heavy atom. The average Bonchev–Trinajstić information content (AvgIpc) is 0.673. The van der Waals surface area contributed by atoms with Gasteiger partial charge >= 0.3 is 17.9 Å². The van der Waals surface area contributed by atoms with Crippen molar-refractivity contribution in [1.29, 1.82) is 0 Å². The van der Waals surface area contributed by atoms with E-state index in [1.165, 1.54) is 6.92 Å². The minimum atomic E-state index is -2.32. The molecule has 0 amide bonds. The van der Waals surface area contributed by atoms with E-state index in [2.05, 4.69) is 26.8 Å². The normalized spacial score (nSPS) is 51.1. The molecule has 500 valence electrons. The molecular weight excluding hydrogens is 1170 g/mol. The topological polar surface area (TPSA) is 444 Å². The van der Waals surface area contributed by atoms with E-state index in [4.69, 9.17) is 47.4 Å². The van der Waals surface area contributed by atoms with Crippen molar-refractivity contribution < 1.29 is 138 Å². The molecule has 0 spiro atoms. The first-order valence-corrected chi connectivity index (χ1v) is 30.4. The van der Waals surface area contributed by atoms with Gasteiger partial charge in [-0.25, -0.2) is 9.59 Å². The number of aliphatic hydroxyl groups is 13. The predicted molar refractivity (Wildman–Crippen MR) is 295 cm³/mol. The Hall–Kier alpha value is -3.28. The van der Waals surface area contributed by atoms with Crippen molar-refractivity contribution in [3.8, 4) is 0 Å². The van der Waals surface area contributed by atoms with E-state index in [9.17, 15) is 90.7 Å². The number of rotatable bonds is 16. The van der Waals surface area contributed by atoms with E-state index in [0.29, 0.717) is 37.7 Å². The molecule has 9 rings (SSSR count). The number of aliphatic hydroxyl groups excluding tert-OH is 13. The summed E-state index contributed by atoms with van der Waals surface area (Å²) in [6, 6.07) is 0. The van der Waals surface area contributed by atoms with Crippen LogP contribution in [0, 0.1) is 50.2 Å². The number of carboxylic acids is 1. The molecule has 4 heterocycles. The minimum Gasteiger partial charge on any atom is -0.479 e. The molecule has 0 aromatic carbocycles. The molecule has 14 N–H and O–H groups in total. The molecule has 5 unspecified atom stereocenters. The number of hydrogen-bond donors (Lipinski definition) is 14. The quantitative estimate of drug-likeness (QED) is 0.0247. The Bertz CT molecular complexity index is 2600. The molecule has 88 heavy (non-hydrogen) atoms. The molecule has 28 heteroatoms. The molecular formula is C60H92O28. The Morgan fingerprint density at radius 3 is 1.82 bits per heavy atom. The highest BCUT2D eigenvalue weighted by molar-refractivity contribution is 5.87. The van der Waals surface area contributed by atoms with Crippen LogP contribution >= 0.6 is 0 Å². The van der Waals surface area contributed by atoms with Crippen molar-refractivity contribution in [2.24, 2.45) is 50.2 Å². The summed E-state index contributed by atoms with van der Waals surface area (Å²) in [5, 5.41) is 155. The molecule has 4 saturated heterocycles. The van der Waals surface area contributed by atoms with Gasteiger partial charge in [-0.05, 0) is 92.8 Å². The van der Waals surface area contributed by atoms with Gasteiger partial charge in [-0.2, -0.15) is 0 Å². The van der Waals surface area contributed by atoms with E-state index >= 15 is 0 Å². The lowest BCUT2D eigenvalue weighted by Crippen LogP contribution is -2.72. The maximum Gasteiger partial charge on any atom is 0.335 e. The molecule has 5 aliphatic carbocycles. The second-order valence-corrected chi connectivity index (χ2v) is 27.8. The Labute approximate surface area is 509 Å². The van der Waals surface area contributed by atoms with Crippen LogP contribution in [0.4, 0.5) is 0 Å². The number of ether oxygens (including phenoxy) is 10. The van der Waals surface area contributed by atoms with Gasteiger partial charge < -0.3 is 124 Å². The number of carbonyl (C=O) groups excluding carboxylic acids is 3. The Balaban J connectivity index is 1.05. The lowest BCUT2D eigenvalue weighted by Gasteiger charge is -2.72. The second kappa shape index (κ2) is 25.6. The SMILES string of the molecule is C/C=C(/C)C(=O)O[C@H]1[C@H](O)[C@]2(COC(C)=O)[C@H](O)C[C@]3(C)C(=CC[C@@H]4[C@@]5(C)CC[C@H](O[C@@H]6O[C@H](C(=O)O)[C@@H](O)[C@H](O[C@@H]7OC[C@H](O)[C@H](O)[C@H]7OC7OC(CO)C(O)C(O)C7O)[C@H]6O[C@@H]6O[C@H](CO)[C@H](O)[C@H](O)[C@H]6O)[C@@](C)(C=O)[C@@H]5CC[C@]43C)[C@@H]2CC1(C)C. The monoisotopic (exact) mass is 1260 g/mol. The third-order valence-corrected chi connectivity index (χ3v) is 22.6. The lowest BCUT2D eigenvalue weighted by molar-refractivity contribution is -0.400. The summed E-state index contributed by atoms with van der Waals surface area (Å²) in [5.41, 5.74) is -4.52. The van der Waals surface area contributed by atoms with E-state index in [1.807, 2.05) is 13.8 Å². The summed E-state index contributed by atoms with van der Waals surface area (Å²) in [7, 11) is 0. The Morgan fingerprint density at radius 1 is 0.670 bits per heavy atom. The second-order valence-electron chi connectivity index (χ2n) is 27.8. The summed E-state index contributed by atoms with van der Waals surface area (Å²) in [4.78, 5) is 53.4. The predicted octanol–water partition coefficient (Wildman–Crippen LogP) is -2.65. The number of hydrogen-bond acceptors (Lipinski definition) is 27. The van der Waals surface area contributed by atoms with Crippen molar-refractivity contribution >= 4 is 24.2 Å². The average molecular weight is 1260 g/mol. The fourth-order valence-electron chi connectivity index (χ4n) is 17.2. The van der Waals surface area contributed by atoms with Crippen molar-refractivity contribution in [2.45, 2.75) is 248 Å². The first-order chi connectivity index (χ1) is 41.2. The third-order valence-electron chi connectivity index (χ3n) is 22.6. The van der Waals surface area contributed by atoms with Crippen LogP contribution in [0.15, 0.2) is 23.3 Å². The van der Waals surface area contributed by atoms with Crippen molar-refractivity contribution in [1.82, 2.24) is 0 Å². The molecule has 4 aliphatic heterocycles. The van der Waals surface area contributed by atoms with E-state index in [1.54, 1.807) is 26.8 Å². The van der Waals surface area contributed by atoms with Crippen LogP contribution in [0.2, 0.25) is 0 Å². The highest BCUT2D eigenvalue weighted by Crippen LogP contribution is 2.76. The van der Waals surface area contributed by atoms with Gasteiger partial charge in [0.1, 0.15) is 111 Å². The first kappa shape index (κ1) is 69.1. The molecule has 0 aromatic rings. The number of carbonyl (C=O) groups is 4. The van der Waals surface area contributed by atoms with E-state index < -0.39 is 223 Å². The zero-order valence-corrected chi connectivity index (χ0v) is 51.0. The van der Waals surface area contributed by atoms with Gasteiger partial charge in [-0.1, -0.05) is 59.3 Å². The largest absolute Gasteiger partial charge is 0.479 e. The van der Waals surface area contributed by atoms with Crippen LogP contribution < -0.4 is 0 Å². The number of aliphatic carboxylic acids is 1. The van der Waals surface area contributed by atoms with Crippen molar-refractivity contribution in [3.05, 3.63) is 23.3 Å². The molecule has 28 nitrogen and oxygen atoms in total. The summed E-state index contributed by atoms with van der Waals surface area (Å²) < 4.78 is 60.1. The Kier molecular flexibility index (Phi) is 20.1. The van der Waals surface area contributed by atoms with Crippen molar-refractivity contribution in [3.63, 3.8) is 0 Å². The van der Waals surface area contributed by atoms with Crippen LogP contribution in [-0.2, 0) is 66.5 Å². The maximum atomic E-state index is 14.2. The zero-order valence-electron chi connectivity index (χ0n) is 51.0. The van der Waals surface area contributed by atoms with Gasteiger partial charge in [-0.3, -0.25) is 4.79 Å². The number of aldehydes is 1. The number of fused-ring (bicyclic) bond motifs is 7. The zero-order chi connectivity index (χ0) is 64.9. The smallest absolute Gasteiger partial charge is 0.335 e. The fourth-order valence-corrected chi connectivity index (χ4v) is 17.2. The van der Waals surface area contributed by atoms with Gasteiger partial charge in [0.2, 0.25) is 0 Å². The molecule has 9 aliphatic rings. The standard InChI is InChI=1S/C60H92O28/c1-10-24(2)50(78)88-48-47(75)60(23-80-25(3)64)27(17-55(48,4)5)26-11-12-32-56(6)15-14-34(57(7,22-63)31(56)13-16-58(32,8)59(26,9)18-33(60)66)83-54-46(87-52-41(73)39(71)37(69)30(20-62)82-52)43(42(74)44(85-54)49(76)77)84-53-45(35(67)28(65)21-79-53)86-51-40(72)38(70)36(68)29(19-61)81-51/h10-11,22,27-48,51-54,61-62,65-75H,12-21,23H2,1-9H3,(H,76,77)/b24-10-/t27-,28-,29?,30+,31+,32+,33+,34-,35-,36?,37-,38?,39-,40?,41+,42-,43-,44-,45+,46+,47-,48-,51?,52-,53-,54+,56-,57-,58+,59+,60-/m0/s1. The van der Waals surface area contributed by atoms with Gasteiger partial charge in [0, 0.05) is 17.9 Å². The van der Waals surface area contributed by atoms with Gasteiger partial charge in [0.05, 0.1) is 42.9 Å². The minimum absolute atomic E-state index is 0.0926. The summed E-state index contributed by atoms with van der Waals surface area (Å²) in [6.07, 6.45) is -35.7. The number of carboxylic acid groups (broad SMARTS) is 1. The lowest BCUT2D eigenvalue weighted by atomic mass is 9.33. The summed E-state index contributed by atoms with van der Waals surface area (Å²) in [6.45, 7) is 13.6. The molecule has 8 fully saturated rings. The van der Waals surface area contributed by atoms with Crippen LogP contribution in [0.25, 0.3) is 0 Å². The molecule has 0 radical (unpaired) electrons. The third kappa shape index (κ3) is 11.3. The molecule has 4 saturated carbocycles. The molecule has 0 aromatic heterocycles. The van der Waals surface area contributed by atoms with Gasteiger partial charge in [0.15, 0.2) is 31.3 Å². The van der Waals surface area contributed by atoms with Crippen LogP contribution in [0.3, 0.4) is 0 Å². The first-order valence-electron chi connectivity index (χ1n) is 30.4. The number of esters is 2. The number of allylic oxidation sites excluding steroid dienone is 3. The summed E-state index contributed by atoms with van der Waals surface area (Å²) >= 11 is 0. The maximum absolute atomic E-state index is 14.2. The van der Waals surface area contributed by atoms with Gasteiger partial charge in [0.25, 0.3) is 0 Å². The summed E-state index contributed by atoms with van der Waals surface area (Å²) in [5.74, 6) is -4.25. The van der Waals surface area contributed by atoms with Crippen LogP contribution in [-0.4, -0.2) is 263 Å². The fraction of sp³-hybridized carbons (Fsp3) is 0.867. The van der Waals surface area contributed by atoms with Gasteiger partial charge in [-0.15, -0.1) is 0 Å². The van der Waals surface area contributed by atoms with Crippen LogP contribution in [0.1, 0.15) is 107 Å². The highest BCUT2D eigenvalue weighted by atomic mass is 16.8. The van der Waals surface area contributed by atoms with Crippen molar-refractivity contribution in [2.75, 3.05) is 26.4 Å². The highest BCUT2D eigenvalue weighted by Gasteiger charge is 2.74.